The van der Waals surface area contributed by atoms with Gasteiger partial charge in [0.25, 0.3) is 5.56 Å². The average molecular weight is 671 g/mol. The Morgan fingerprint density at radius 1 is 0.894 bits per heavy atom. The molecule has 0 aliphatic carbocycles. The van der Waals surface area contributed by atoms with E-state index in [0.29, 0.717) is 41.7 Å². The number of carbonyl (C=O) groups excluding carboxylic acids is 1. The van der Waals surface area contributed by atoms with E-state index in [1.54, 1.807) is 27.8 Å². The zero-order valence-corrected chi connectivity index (χ0v) is 27.2. The number of aliphatic hydroxyl groups excluding tert-OH is 1. The van der Waals surface area contributed by atoms with Gasteiger partial charge in [0.05, 0.1) is 5.56 Å². The van der Waals surface area contributed by atoms with E-state index in [2.05, 4.69) is 23.7 Å². The molecule has 1 aromatic heterocycles. The summed E-state index contributed by atoms with van der Waals surface area (Å²) in [7, 11) is 0. The second kappa shape index (κ2) is 16.7. The molecule has 0 aliphatic rings. The van der Waals surface area contributed by atoms with Gasteiger partial charge >= 0.3 is 6.18 Å². The normalized spacial score (nSPS) is 11.7. The number of rotatable bonds is 15. The first-order valence-corrected chi connectivity index (χ1v) is 16.3. The Morgan fingerprint density at radius 2 is 1.49 bits per heavy atom. The number of hydrogen-bond acceptors (Lipinski definition) is 6. The van der Waals surface area contributed by atoms with Crippen molar-refractivity contribution in [2.45, 2.75) is 50.4 Å². The van der Waals surface area contributed by atoms with Crippen LogP contribution in [-0.2, 0) is 36.2 Å². The van der Waals surface area contributed by atoms with Gasteiger partial charge in [0.1, 0.15) is 12.4 Å². The van der Waals surface area contributed by atoms with Crippen LogP contribution in [0.25, 0.3) is 11.1 Å². The lowest BCUT2D eigenvalue weighted by Crippen LogP contribution is -2.40. The first kappa shape index (κ1) is 35.8. The van der Waals surface area contributed by atoms with Crippen molar-refractivity contribution in [3.05, 3.63) is 117 Å². The molecule has 0 bridgehead atoms. The molecule has 4 aromatic rings. The number of thioether (sulfide) groups is 1. The van der Waals surface area contributed by atoms with E-state index in [1.807, 2.05) is 24.3 Å². The molecule has 1 N–H and O–H groups in total. The summed E-state index contributed by atoms with van der Waals surface area (Å²) in [4.78, 5) is 34.8. The molecule has 0 saturated heterocycles. The summed E-state index contributed by atoms with van der Waals surface area (Å²) in [6, 6.07) is 18.3. The van der Waals surface area contributed by atoms with Gasteiger partial charge in [-0.3, -0.25) is 9.59 Å². The fraction of sp³-hybridized carbons (Fsp3) is 0.343. The van der Waals surface area contributed by atoms with E-state index >= 15 is 0 Å². The maximum absolute atomic E-state index is 13.9. The van der Waals surface area contributed by atoms with Crippen LogP contribution in [0.4, 0.5) is 17.6 Å². The van der Waals surface area contributed by atoms with Crippen LogP contribution in [0.5, 0.6) is 0 Å². The fourth-order valence-electron chi connectivity index (χ4n) is 4.98. The van der Waals surface area contributed by atoms with Crippen LogP contribution in [0.2, 0.25) is 0 Å². The molecule has 0 atom stereocenters. The zero-order valence-electron chi connectivity index (χ0n) is 26.3. The van der Waals surface area contributed by atoms with Gasteiger partial charge in [-0.1, -0.05) is 74.1 Å². The third-order valence-corrected chi connectivity index (χ3v) is 8.87. The minimum absolute atomic E-state index is 0.0971. The van der Waals surface area contributed by atoms with Crippen molar-refractivity contribution in [2.24, 2.45) is 0 Å². The Morgan fingerprint density at radius 3 is 2.06 bits per heavy atom. The van der Waals surface area contributed by atoms with E-state index in [9.17, 15) is 32.3 Å². The summed E-state index contributed by atoms with van der Waals surface area (Å²) < 4.78 is 54.0. The summed E-state index contributed by atoms with van der Waals surface area (Å²) in [6.07, 6.45) is -2.74. The molecule has 3 aromatic carbocycles. The number of aliphatic hydroxyl groups is 1. The van der Waals surface area contributed by atoms with Crippen LogP contribution in [0, 0.1) is 5.82 Å². The predicted octanol–water partition coefficient (Wildman–Crippen LogP) is 6.27. The van der Waals surface area contributed by atoms with Crippen molar-refractivity contribution in [3.63, 3.8) is 0 Å². The number of likely N-dealkylation sites (N-methyl/N-ethyl adjacent to an activating group) is 1. The highest BCUT2D eigenvalue weighted by molar-refractivity contribution is 7.98. The summed E-state index contributed by atoms with van der Waals surface area (Å²) in [5.41, 5.74) is 2.17. The van der Waals surface area contributed by atoms with Crippen molar-refractivity contribution in [2.75, 3.05) is 32.8 Å². The molecule has 0 radical (unpaired) electrons. The molecule has 0 spiro atoms. The summed E-state index contributed by atoms with van der Waals surface area (Å²) in [5, 5.41) is 9.81. The molecular weight excluding hydrogens is 632 g/mol. The molecule has 250 valence electrons. The Labute approximate surface area is 275 Å². The highest BCUT2D eigenvalue weighted by Crippen LogP contribution is 2.31. The molecule has 0 fully saturated rings. The number of amides is 1. The lowest BCUT2D eigenvalue weighted by Gasteiger charge is -2.27. The number of aromatic nitrogens is 2. The van der Waals surface area contributed by atoms with Crippen LogP contribution in [-0.4, -0.2) is 63.2 Å². The predicted molar refractivity (Wildman–Crippen MR) is 175 cm³/mol. The maximum atomic E-state index is 13.9. The van der Waals surface area contributed by atoms with Crippen molar-refractivity contribution in [1.82, 2.24) is 19.4 Å². The summed E-state index contributed by atoms with van der Waals surface area (Å²) in [5.74, 6) is -0.156. The van der Waals surface area contributed by atoms with E-state index in [4.69, 9.17) is 0 Å². The van der Waals surface area contributed by atoms with Crippen molar-refractivity contribution < 1.29 is 27.5 Å². The number of carbonyl (C=O) groups is 1. The number of hydrogen-bond donors (Lipinski definition) is 1. The molecule has 7 nitrogen and oxygen atoms in total. The molecule has 47 heavy (non-hydrogen) atoms. The quantitative estimate of drug-likeness (QED) is 0.0914. The summed E-state index contributed by atoms with van der Waals surface area (Å²) in [6.45, 7) is 6.78. The molecule has 1 amide bonds. The Bertz CT molecular complexity index is 1660. The lowest BCUT2D eigenvalue weighted by molar-refractivity contribution is -0.137. The van der Waals surface area contributed by atoms with Crippen molar-refractivity contribution in [3.8, 4) is 11.1 Å². The van der Waals surface area contributed by atoms with Crippen molar-refractivity contribution >= 4 is 17.7 Å². The van der Waals surface area contributed by atoms with Gasteiger partial charge in [0.2, 0.25) is 5.91 Å². The largest absolute Gasteiger partial charge is 0.416 e. The second-order valence-electron chi connectivity index (χ2n) is 11.0. The van der Waals surface area contributed by atoms with E-state index in [-0.39, 0.29) is 31.3 Å². The average Bonchev–Trinajstić information content (AvgIpc) is 3.06. The Hall–Kier alpha value is -4.00. The topological polar surface area (TPSA) is 78.7 Å². The van der Waals surface area contributed by atoms with Crippen LogP contribution in [0.15, 0.2) is 88.9 Å². The minimum atomic E-state index is -4.41. The monoisotopic (exact) mass is 670 g/mol. The van der Waals surface area contributed by atoms with Crippen LogP contribution < -0.4 is 5.56 Å². The number of alkyl halides is 3. The molecule has 0 aliphatic heterocycles. The first-order chi connectivity index (χ1) is 22.5. The maximum Gasteiger partial charge on any atom is 0.416 e. The highest BCUT2D eigenvalue weighted by atomic mass is 32.2. The van der Waals surface area contributed by atoms with Crippen LogP contribution >= 0.6 is 11.8 Å². The van der Waals surface area contributed by atoms with Gasteiger partial charge in [-0.25, -0.2) is 4.39 Å². The van der Waals surface area contributed by atoms with Crippen LogP contribution in [0.1, 0.15) is 36.1 Å². The standard InChI is InChI=1S/C35H38F4N4O3S/c1-3-41(4-2)18-19-42(21-25-5-9-27(10-6-25)28-11-13-30(14-12-28)35(37,38)39)32(45)23-43-22-29(17-20-44)33(46)40-34(43)47-24-26-7-15-31(36)16-8-26/h5-16,22,44H,3-4,17-21,23-24H2,1-2H3. The SMILES string of the molecule is CCN(CC)CCN(Cc1ccc(-c2ccc(C(F)(F)F)cc2)cc1)C(=O)Cn1cc(CCO)c(=O)nc1SCc1ccc(F)cc1. The van der Waals surface area contributed by atoms with Crippen LogP contribution in [0.3, 0.4) is 0 Å². The van der Waals surface area contributed by atoms with Crippen molar-refractivity contribution in [1.29, 1.82) is 0 Å². The fourth-order valence-corrected chi connectivity index (χ4v) is 5.90. The first-order valence-electron chi connectivity index (χ1n) is 15.4. The van der Waals surface area contributed by atoms with Gasteiger partial charge in [-0.15, -0.1) is 0 Å². The minimum Gasteiger partial charge on any atom is -0.396 e. The highest BCUT2D eigenvalue weighted by Gasteiger charge is 2.30. The third kappa shape index (κ3) is 10.2. The van der Waals surface area contributed by atoms with E-state index in [0.717, 1.165) is 41.9 Å². The van der Waals surface area contributed by atoms with Gasteiger partial charge in [-0.2, -0.15) is 18.2 Å². The molecule has 0 saturated carbocycles. The van der Waals surface area contributed by atoms with Gasteiger partial charge in [-0.05, 0) is 59.6 Å². The molecule has 12 heteroatoms. The molecule has 1 heterocycles. The van der Waals surface area contributed by atoms with Gasteiger partial charge in [0.15, 0.2) is 5.16 Å². The van der Waals surface area contributed by atoms with Gasteiger partial charge in [0, 0.05) is 50.2 Å². The molecule has 4 rings (SSSR count). The Balaban J connectivity index is 1.56. The number of benzene rings is 3. The van der Waals surface area contributed by atoms with Gasteiger partial charge < -0.3 is 19.5 Å². The second-order valence-corrected chi connectivity index (χ2v) is 11.9. The zero-order chi connectivity index (χ0) is 34.0. The summed E-state index contributed by atoms with van der Waals surface area (Å²) >= 11 is 1.26. The molecular formula is C35H38F4N4O3S. The van der Waals surface area contributed by atoms with E-state index in [1.165, 1.54) is 36.0 Å². The third-order valence-electron chi connectivity index (χ3n) is 7.80. The Kier molecular flexibility index (Phi) is 12.7. The number of halogens is 4. The lowest BCUT2D eigenvalue weighted by atomic mass is 10.0. The molecule has 0 unspecified atom stereocenters. The number of nitrogens with zero attached hydrogens (tertiary/aromatic N) is 4. The smallest absolute Gasteiger partial charge is 0.396 e. The van der Waals surface area contributed by atoms with E-state index < -0.39 is 17.3 Å².